The summed E-state index contributed by atoms with van der Waals surface area (Å²) in [7, 11) is 0. The van der Waals surface area contributed by atoms with E-state index in [-0.39, 0.29) is 22.8 Å². The maximum absolute atomic E-state index is 14.6. The second kappa shape index (κ2) is 15.9. The fourth-order valence-corrected chi connectivity index (χ4v) is 9.61. The molecule has 0 saturated carbocycles. The number of rotatable bonds is 6. The maximum Gasteiger partial charge on any atom is 0.416 e. The van der Waals surface area contributed by atoms with Crippen LogP contribution in [0.4, 0.5) is 26.3 Å². The Balaban J connectivity index is 1.21. The minimum atomic E-state index is -5.08. The average Bonchev–Trinajstić information content (AvgIpc) is 3.85. The molecule has 0 spiro atoms. The smallest absolute Gasteiger partial charge is 0.309 e. The van der Waals surface area contributed by atoms with Crippen molar-refractivity contribution in [3.8, 4) is 62.0 Å². The zero-order valence-electron chi connectivity index (χ0n) is 36.5. The molecule has 2 aromatic heterocycles. The summed E-state index contributed by atoms with van der Waals surface area (Å²) < 4.78 is 91.5. The molecule has 0 atom stereocenters. The van der Waals surface area contributed by atoms with Crippen molar-refractivity contribution in [1.82, 2.24) is 9.13 Å². The number of benzene rings is 9. The van der Waals surface area contributed by atoms with E-state index in [1.165, 1.54) is 0 Å². The summed E-state index contributed by atoms with van der Waals surface area (Å²) in [5.41, 5.74) is 8.85. The molecule has 0 radical (unpaired) electrons. The Kier molecular flexibility index (Phi) is 9.90. The molecule has 0 unspecified atom stereocenters. The van der Waals surface area contributed by atoms with Crippen molar-refractivity contribution in [2.45, 2.75) is 26.2 Å². The zero-order chi connectivity index (χ0) is 47.1. The van der Waals surface area contributed by atoms with Crippen LogP contribution in [0.15, 0.2) is 188 Å². The standard InChI is InChI=1S/C59H37F6N3/c1-35-11-16-38(17-12-35)40-20-25-55-51(30-40)47-7-3-5-9-53(47)67(55)45-22-23-46(42-28-43(58(60,61)62)32-44(29-42)59(63,64)65)49(33-45)50-27-37(34-66)15-24-56(50)68-54-10-6-4-8-48(54)52-31-41(21-26-57(52)68)39-18-13-36(2)14-19-39/h3-33H,1-2H3. The van der Waals surface area contributed by atoms with Gasteiger partial charge in [-0.05, 0) is 138 Å². The van der Waals surface area contributed by atoms with E-state index in [9.17, 15) is 31.6 Å². The molecule has 3 nitrogen and oxygen atoms in total. The third kappa shape index (κ3) is 7.26. The molecule has 9 aromatic carbocycles. The predicted octanol–water partition coefficient (Wildman–Crippen LogP) is 17.1. The lowest BCUT2D eigenvalue weighted by atomic mass is 9.90. The summed E-state index contributed by atoms with van der Waals surface area (Å²) >= 11 is 0. The van der Waals surface area contributed by atoms with Gasteiger partial charge in [0.1, 0.15) is 0 Å². The topological polar surface area (TPSA) is 33.6 Å². The summed E-state index contributed by atoms with van der Waals surface area (Å²) in [4.78, 5) is 0. The molecule has 0 N–H and O–H groups in total. The van der Waals surface area contributed by atoms with Crippen LogP contribution in [-0.4, -0.2) is 9.13 Å². The second-order valence-corrected chi connectivity index (χ2v) is 17.3. The van der Waals surface area contributed by atoms with Crippen molar-refractivity contribution in [2.75, 3.05) is 0 Å². The van der Waals surface area contributed by atoms with Gasteiger partial charge in [0.2, 0.25) is 0 Å². The van der Waals surface area contributed by atoms with Crippen molar-refractivity contribution in [1.29, 1.82) is 5.26 Å². The molecule has 0 aliphatic rings. The van der Waals surface area contributed by atoms with Gasteiger partial charge in [-0.25, -0.2) is 0 Å². The first-order valence-corrected chi connectivity index (χ1v) is 21.9. The minimum Gasteiger partial charge on any atom is -0.309 e. The predicted molar refractivity (Wildman–Crippen MR) is 261 cm³/mol. The molecular weight excluding hydrogens is 865 g/mol. The normalized spacial score (nSPS) is 12.1. The van der Waals surface area contributed by atoms with Crippen molar-refractivity contribution < 1.29 is 26.3 Å². The molecule has 0 fully saturated rings. The summed E-state index contributed by atoms with van der Waals surface area (Å²) in [6.07, 6.45) is -10.2. The van der Waals surface area contributed by atoms with Crippen LogP contribution in [0.25, 0.3) is 99.5 Å². The highest BCUT2D eigenvalue weighted by Gasteiger charge is 2.37. The first kappa shape index (κ1) is 42.3. The number of nitrogens with zero attached hydrogens (tertiary/aromatic N) is 3. The molecular formula is C59H37F6N3. The van der Waals surface area contributed by atoms with Crippen LogP contribution < -0.4 is 0 Å². The second-order valence-electron chi connectivity index (χ2n) is 17.3. The van der Waals surface area contributed by atoms with E-state index in [4.69, 9.17) is 0 Å². The summed E-state index contributed by atoms with van der Waals surface area (Å²) in [6, 6.07) is 58.9. The Labute approximate surface area is 387 Å². The lowest BCUT2D eigenvalue weighted by Crippen LogP contribution is -2.11. The van der Waals surface area contributed by atoms with Crippen LogP contribution in [0, 0.1) is 25.2 Å². The van der Waals surface area contributed by atoms with Crippen LogP contribution in [0.3, 0.4) is 0 Å². The van der Waals surface area contributed by atoms with Crippen LogP contribution in [0.5, 0.6) is 0 Å². The van der Waals surface area contributed by atoms with Gasteiger partial charge >= 0.3 is 12.4 Å². The fraction of sp³-hybridized carbons (Fsp3) is 0.0678. The molecule has 0 saturated heterocycles. The number of para-hydroxylation sites is 2. The highest BCUT2D eigenvalue weighted by Crippen LogP contribution is 2.46. The fourth-order valence-electron chi connectivity index (χ4n) is 9.61. The third-order valence-corrected chi connectivity index (χ3v) is 12.9. The van der Waals surface area contributed by atoms with Crippen molar-refractivity contribution in [3.63, 3.8) is 0 Å². The Morgan fingerprint density at radius 1 is 0.382 bits per heavy atom. The number of alkyl halides is 6. The lowest BCUT2D eigenvalue weighted by Gasteiger charge is -2.21. The average molecular weight is 902 g/mol. The molecule has 0 amide bonds. The van der Waals surface area contributed by atoms with E-state index in [1.807, 2.05) is 92.7 Å². The number of hydrogen-bond donors (Lipinski definition) is 0. The number of halogens is 6. The maximum atomic E-state index is 14.6. The van der Waals surface area contributed by atoms with E-state index in [0.29, 0.717) is 22.5 Å². The Hall–Kier alpha value is -8.35. The zero-order valence-corrected chi connectivity index (χ0v) is 36.5. The quantitative estimate of drug-likeness (QED) is 0.153. The van der Waals surface area contributed by atoms with Gasteiger partial charge in [-0.2, -0.15) is 31.6 Å². The highest BCUT2D eigenvalue weighted by molar-refractivity contribution is 6.12. The molecule has 0 aliphatic carbocycles. The van der Waals surface area contributed by atoms with Gasteiger partial charge in [0, 0.05) is 32.8 Å². The van der Waals surface area contributed by atoms with Crippen molar-refractivity contribution >= 4 is 43.6 Å². The number of fused-ring (bicyclic) bond motifs is 6. The van der Waals surface area contributed by atoms with Gasteiger partial charge in [0.25, 0.3) is 0 Å². The Morgan fingerprint density at radius 3 is 1.40 bits per heavy atom. The molecule has 68 heavy (non-hydrogen) atoms. The lowest BCUT2D eigenvalue weighted by molar-refractivity contribution is -0.143. The number of aryl methyl sites for hydroxylation is 2. The van der Waals surface area contributed by atoms with Gasteiger partial charge in [0.05, 0.1) is 50.5 Å². The number of aromatic nitrogens is 2. The van der Waals surface area contributed by atoms with E-state index < -0.39 is 23.5 Å². The molecule has 0 aliphatic heterocycles. The van der Waals surface area contributed by atoms with Crippen LogP contribution in [0.2, 0.25) is 0 Å². The number of nitriles is 1. The molecule has 2 heterocycles. The Bertz CT molecular complexity index is 3810. The van der Waals surface area contributed by atoms with Gasteiger partial charge in [-0.3, -0.25) is 0 Å². The summed E-state index contributed by atoms with van der Waals surface area (Å²) in [6.45, 7) is 4.07. The van der Waals surface area contributed by atoms with E-state index in [2.05, 4.69) is 75.9 Å². The van der Waals surface area contributed by atoms with Gasteiger partial charge in [0.15, 0.2) is 0 Å². The summed E-state index contributed by atoms with van der Waals surface area (Å²) in [5.74, 6) is 0. The van der Waals surface area contributed by atoms with Crippen LogP contribution >= 0.6 is 0 Å². The highest BCUT2D eigenvalue weighted by atomic mass is 19.4. The molecule has 11 rings (SSSR count). The van der Waals surface area contributed by atoms with Gasteiger partial charge in [-0.1, -0.05) is 114 Å². The molecule has 0 bridgehead atoms. The largest absolute Gasteiger partial charge is 0.416 e. The van der Waals surface area contributed by atoms with Crippen LogP contribution in [0.1, 0.15) is 27.8 Å². The first-order valence-electron chi connectivity index (χ1n) is 21.9. The number of hydrogen-bond acceptors (Lipinski definition) is 1. The monoisotopic (exact) mass is 901 g/mol. The van der Waals surface area contributed by atoms with Crippen molar-refractivity contribution in [2.24, 2.45) is 0 Å². The van der Waals surface area contributed by atoms with Gasteiger partial charge < -0.3 is 9.13 Å². The van der Waals surface area contributed by atoms with E-state index in [1.54, 1.807) is 30.3 Å². The van der Waals surface area contributed by atoms with Gasteiger partial charge in [-0.15, -0.1) is 0 Å². The first-order chi connectivity index (χ1) is 32.7. The van der Waals surface area contributed by atoms with Crippen molar-refractivity contribution in [3.05, 3.63) is 216 Å². The van der Waals surface area contributed by atoms with E-state index in [0.717, 1.165) is 89.1 Å². The van der Waals surface area contributed by atoms with E-state index >= 15 is 0 Å². The summed E-state index contributed by atoms with van der Waals surface area (Å²) in [5, 5.41) is 14.2. The molecule has 9 heteroatoms. The third-order valence-electron chi connectivity index (χ3n) is 12.9. The molecule has 11 aromatic rings. The Morgan fingerprint density at radius 2 is 0.868 bits per heavy atom. The van der Waals surface area contributed by atoms with Crippen LogP contribution in [-0.2, 0) is 12.4 Å². The minimum absolute atomic E-state index is 0.117. The SMILES string of the molecule is Cc1ccc(-c2ccc3c(c2)c2ccccc2n3-c2ccc(-c3cc(C(F)(F)F)cc(C(F)(F)F)c3)c(-c3cc(C#N)ccc3-n3c4ccccc4c4cc(-c5ccc(C)cc5)ccc43)c2)cc1. The molecule has 330 valence electrons.